The molecule has 24 nitrogen and oxygen atoms in total. The molecule has 4 aliphatic rings. The maximum atomic E-state index is 5.04. The van der Waals surface area contributed by atoms with Crippen LogP contribution in [0.5, 0.6) is 0 Å². The molecule has 12 aromatic rings. The van der Waals surface area contributed by atoms with E-state index < -0.39 is 22.7 Å². The van der Waals surface area contributed by atoms with Crippen LogP contribution >= 0.6 is 0 Å². The van der Waals surface area contributed by atoms with E-state index in [1.807, 2.05) is 172 Å². The van der Waals surface area contributed by atoms with Gasteiger partial charge in [-0.05, 0) is 122 Å². The van der Waals surface area contributed by atoms with E-state index in [9.17, 15) is 0 Å². The zero-order chi connectivity index (χ0) is 54.9. The summed E-state index contributed by atoms with van der Waals surface area (Å²) in [4.78, 5) is 70.5. The van der Waals surface area contributed by atoms with Crippen LogP contribution in [0.15, 0.2) is 202 Å². The van der Waals surface area contributed by atoms with Gasteiger partial charge in [-0.15, -0.1) is 0 Å². The van der Waals surface area contributed by atoms with Crippen LogP contribution in [0.4, 0.5) is 23.8 Å². The number of aromatic amines is 4. The van der Waals surface area contributed by atoms with Gasteiger partial charge in [-0.3, -0.25) is 19.9 Å². The average Bonchev–Trinajstić information content (AvgIpc) is 1.58. The Kier molecular flexibility index (Phi) is 13.2. The Morgan fingerprint density at radius 2 is 0.631 bits per heavy atom. The van der Waals surface area contributed by atoms with E-state index in [-0.39, 0.29) is 39.0 Å². The van der Waals surface area contributed by atoms with Crippen molar-refractivity contribution < 1.29 is 39.0 Å². The van der Waals surface area contributed by atoms with E-state index >= 15 is 0 Å². The number of nitrogens with one attached hydrogen (secondary N) is 8. The van der Waals surface area contributed by atoms with E-state index in [4.69, 9.17) is 41.2 Å². The van der Waals surface area contributed by atoms with Crippen LogP contribution in [0.2, 0.25) is 0 Å². The van der Waals surface area contributed by atoms with Crippen LogP contribution in [0.1, 0.15) is 33.9 Å². The van der Waals surface area contributed by atoms with Crippen molar-refractivity contribution in [1.82, 2.24) is 59.8 Å². The number of hydrogen-bond acceptors (Lipinski definition) is 16. The third-order valence-corrected chi connectivity index (χ3v) is 14.2. The van der Waals surface area contributed by atoms with Gasteiger partial charge in [0.25, 0.3) is 0 Å². The number of aliphatic imine (C=N–C) groups is 4. The summed E-state index contributed by atoms with van der Waals surface area (Å²) in [6.45, 7) is 4.07. The number of guanidine groups is 4. The molecule has 12 heterocycles. The number of pyridine rings is 4. The summed E-state index contributed by atoms with van der Waals surface area (Å²) in [7, 11) is 0. The van der Waals surface area contributed by atoms with Gasteiger partial charge in [0.1, 0.15) is 46.4 Å². The van der Waals surface area contributed by atoms with Gasteiger partial charge in [-0.1, -0.05) is 60.7 Å². The predicted octanol–water partition coefficient (Wildman–Crippen LogP) is 10.5. The van der Waals surface area contributed by atoms with Crippen molar-refractivity contribution in [2.75, 3.05) is 21.3 Å². The quantitative estimate of drug-likeness (QED) is 0.0659. The number of hydrogen-bond donors (Lipinski definition) is 8. The van der Waals surface area contributed by atoms with Crippen molar-refractivity contribution in [2.45, 2.75) is 36.5 Å². The molecule has 16 rings (SSSR count). The Morgan fingerprint density at radius 1 is 0.333 bits per heavy atom. The third-order valence-electron chi connectivity index (χ3n) is 14.2. The molecule has 26 heteroatoms. The number of imidazole rings is 4. The maximum Gasteiger partial charge on any atom is 2.00 e. The summed E-state index contributed by atoms with van der Waals surface area (Å²) in [6.07, 6.45) is 6.82. The van der Waals surface area contributed by atoms with Crippen LogP contribution in [0.25, 0.3) is 65.4 Å². The standard InChI is InChI=1S/2C29H22N12.2Zn/c2*1-17-12-13-20-21(16-17)35-25(34-20)37-27-40-28(22-10-4-6-14-30-22)29(41-27,23-11-5-7-15-31-23)39-26(38-28)36-24-32-18-8-2-3-9-19(18)33-24;;/h2*2-16H,1H3,(H4-2,32,33,34,35,36,37,38,39,40,41);;/q2*-2;2*+2. The van der Waals surface area contributed by atoms with Gasteiger partial charge in [0.05, 0.1) is 66.9 Å². The van der Waals surface area contributed by atoms with Crippen molar-refractivity contribution >= 4 is 91.8 Å². The molecule has 0 amide bonds. The normalized spacial score (nSPS) is 20.7. The Labute approximate surface area is 503 Å². The Hall–Kier alpha value is -10.3. The minimum Gasteiger partial charge on any atom is -0.383 e. The van der Waals surface area contributed by atoms with Crippen LogP contribution in [0, 0.1) is 13.8 Å². The van der Waals surface area contributed by atoms with Gasteiger partial charge in [0.15, 0.2) is 0 Å². The van der Waals surface area contributed by atoms with Crippen molar-refractivity contribution in [3.63, 3.8) is 0 Å². The van der Waals surface area contributed by atoms with Crippen molar-refractivity contribution in [2.24, 2.45) is 20.0 Å². The smallest absolute Gasteiger partial charge is 0.383 e. The number of rotatable bonds is 8. The van der Waals surface area contributed by atoms with Crippen LogP contribution < -0.4 is 21.3 Å². The molecule has 0 saturated carbocycles. The SMILES string of the molecule is Cc1ccc2nc(NC3=NC4(c5ccccn5)N=C(Nc5nc6ccccc6[nH]5)[N-]C4(c4ccccn4)[N-]3)[nH]c2c1.Cc1ccc2nc(NC3=NC4(c5ccccn5)N=C(Nc5nc6ccccc6[nH]5)[N-]C4(c4ccccn4)[N-]3)[nH]c2c1.[Zn+2].[Zn+2]. The summed E-state index contributed by atoms with van der Waals surface area (Å²) in [5.41, 5.74) is 5.94. The molecule has 400 valence electrons. The van der Waals surface area contributed by atoms with Gasteiger partial charge in [-0.25, -0.2) is 19.9 Å². The van der Waals surface area contributed by atoms with Gasteiger partial charge in [0.2, 0.25) is 0 Å². The number of aromatic nitrogens is 12. The van der Waals surface area contributed by atoms with Crippen LogP contribution in [0.3, 0.4) is 0 Å². The fraction of sp³-hybridized carbons (Fsp3) is 0.103. The number of H-pyrrole nitrogens is 4. The molecule has 8 N–H and O–H groups in total. The summed E-state index contributed by atoms with van der Waals surface area (Å²) >= 11 is 0. The molecule has 8 aromatic heterocycles. The van der Waals surface area contributed by atoms with E-state index in [2.05, 4.69) is 81.1 Å². The molecule has 4 aliphatic heterocycles. The summed E-state index contributed by atoms with van der Waals surface area (Å²) < 4.78 is 0. The first-order chi connectivity index (χ1) is 40.2. The minimum absolute atomic E-state index is 0. The molecule has 0 fully saturated rings. The number of fused-ring (bicyclic) bond motifs is 6. The number of anilines is 4. The summed E-state index contributed by atoms with van der Waals surface area (Å²) in [5.74, 6) is 3.20. The zero-order valence-corrected chi connectivity index (χ0v) is 50.8. The van der Waals surface area contributed by atoms with Gasteiger partial charge in [-0.2, -0.15) is 0 Å². The molecule has 4 aromatic carbocycles. The number of benzene rings is 4. The topological polar surface area (TPSA) is 320 Å². The van der Waals surface area contributed by atoms with Crippen molar-refractivity contribution in [3.8, 4) is 0 Å². The Bertz CT molecular complexity index is 4190. The molecule has 0 aliphatic carbocycles. The zero-order valence-electron chi connectivity index (χ0n) is 44.9. The van der Waals surface area contributed by atoms with Crippen LogP contribution in [-0.4, -0.2) is 83.6 Å². The maximum absolute atomic E-state index is 5.04. The third kappa shape index (κ3) is 8.98. The Morgan fingerprint density at radius 3 is 0.952 bits per heavy atom. The molecule has 0 radical (unpaired) electrons. The predicted molar refractivity (Wildman–Crippen MR) is 315 cm³/mol. The largest absolute Gasteiger partial charge is 2.00 e. The first kappa shape index (κ1) is 53.0. The summed E-state index contributed by atoms with van der Waals surface area (Å²) in [5, 5.41) is 33.1. The van der Waals surface area contributed by atoms with E-state index in [0.29, 0.717) is 70.4 Å². The van der Waals surface area contributed by atoms with E-state index in [1.54, 1.807) is 24.8 Å². The second-order valence-electron chi connectivity index (χ2n) is 19.7. The first-order valence-electron chi connectivity index (χ1n) is 26.1. The van der Waals surface area contributed by atoms with Crippen LogP contribution in [-0.2, 0) is 61.6 Å². The number of nitrogens with zero attached hydrogens (tertiary/aromatic N) is 16. The minimum atomic E-state index is -1.37. The molecule has 0 saturated heterocycles. The molecular weight excluding hydrogens is 1160 g/mol. The van der Waals surface area contributed by atoms with E-state index in [1.165, 1.54) is 0 Å². The number of aryl methyl sites for hydroxylation is 2. The molecule has 0 bridgehead atoms. The second kappa shape index (κ2) is 20.9. The molecule has 84 heavy (non-hydrogen) atoms. The van der Waals surface area contributed by atoms with Gasteiger partial charge in [0, 0.05) is 48.6 Å². The van der Waals surface area contributed by atoms with Crippen molar-refractivity contribution in [1.29, 1.82) is 0 Å². The monoisotopic (exact) mass is 1200 g/mol. The van der Waals surface area contributed by atoms with Gasteiger partial charge < -0.3 is 82.4 Å². The van der Waals surface area contributed by atoms with Gasteiger partial charge >= 0.3 is 39.0 Å². The molecule has 4 unspecified atom stereocenters. The van der Waals surface area contributed by atoms with Crippen molar-refractivity contribution in [3.05, 3.63) is 238 Å². The molecule has 0 spiro atoms. The first-order valence-corrected chi connectivity index (χ1v) is 26.1. The fourth-order valence-electron chi connectivity index (χ4n) is 10.5. The molecular formula is C58H44N24Zn2. The second-order valence-corrected chi connectivity index (χ2v) is 19.7. The average molecular weight is 1210 g/mol. The molecule has 4 atom stereocenters. The summed E-state index contributed by atoms with van der Waals surface area (Å²) in [6, 6.07) is 50.0. The van der Waals surface area contributed by atoms with E-state index in [0.717, 1.165) is 55.3 Å². The Balaban J connectivity index is 0.000000153. The number of para-hydroxylation sites is 4. The fourth-order valence-corrected chi connectivity index (χ4v) is 10.5.